The number of oxazole rings is 1. The quantitative estimate of drug-likeness (QED) is 0.812. The van der Waals surface area contributed by atoms with Crippen molar-refractivity contribution in [2.45, 2.75) is 37.1 Å². The maximum atomic E-state index is 5.28. The van der Waals surface area contributed by atoms with E-state index in [1.807, 2.05) is 19.2 Å². The summed E-state index contributed by atoms with van der Waals surface area (Å²) >= 11 is 1.44. The van der Waals surface area contributed by atoms with Gasteiger partial charge < -0.3 is 9.73 Å². The summed E-state index contributed by atoms with van der Waals surface area (Å²) < 4.78 is 5.28. The fourth-order valence-electron chi connectivity index (χ4n) is 1.45. The molecule has 0 fully saturated rings. The molecule has 2 rings (SSSR count). The van der Waals surface area contributed by atoms with E-state index >= 15 is 0 Å². The molecule has 18 heavy (non-hydrogen) atoms. The van der Waals surface area contributed by atoms with Crippen molar-refractivity contribution in [1.82, 2.24) is 15.3 Å². The molecule has 0 saturated heterocycles. The molecular weight excluding hydrogens is 246 g/mol. The maximum Gasteiger partial charge on any atom is 0.262 e. The Morgan fingerprint density at radius 3 is 2.89 bits per heavy atom. The number of hydrogen-bond donors (Lipinski definition) is 1. The van der Waals surface area contributed by atoms with Crippen molar-refractivity contribution >= 4 is 11.8 Å². The van der Waals surface area contributed by atoms with Gasteiger partial charge in [-0.1, -0.05) is 13.0 Å². The highest BCUT2D eigenvalue weighted by Gasteiger charge is 2.04. The Hall–Kier alpha value is -1.33. The molecule has 0 aliphatic carbocycles. The molecule has 0 amide bonds. The number of nitrogens with zero attached hydrogens (tertiary/aromatic N) is 2. The second-order valence-corrected chi connectivity index (χ2v) is 5.01. The van der Waals surface area contributed by atoms with Gasteiger partial charge >= 0.3 is 0 Å². The van der Waals surface area contributed by atoms with Crippen LogP contribution in [0.2, 0.25) is 0 Å². The van der Waals surface area contributed by atoms with Gasteiger partial charge in [0, 0.05) is 12.7 Å². The van der Waals surface area contributed by atoms with Crippen molar-refractivity contribution in [3.8, 4) is 0 Å². The van der Waals surface area contributed by atoms with Crippen LogP contribution >= 0.6 is 11.8 Å². The summed E-state index contributed by atoms with van der Waals surface area (Å²) in [7, 11) is 0. The van der Waals surface area contributed by atoms with Crippen LogP contribution in [0.5, 0.6) is 0 Å². The third-order valence-corrected chi connectivity index (χ3v) is 3.16. The number of nitrogens with one attached hydrogen (secondary N) is 1. The van der Waals surface area contributed by atoms with Gasteiger partial charge in [-0.3, -0.25) is 0 Å². The van der Waals surface area contributed by atoms with Crippen LogP contribution in [0.1, 0.15) is 24.6 Å². The molecule has 0 unspecified atom stereocenters. The lowest BCUT2D eigenvalue weighted by atomic mass is 10.3. The van der Waals surface area contributed by atoms with Crippen molar-refractivity contribution in [1.29, 1.82) is 0 Å². The molecule has 0 radical (unpaired) electrons. The van der Waals surface area contributed by atoms with Gasteiger partial charge in [-0.25, -0.2) is 9.97 Å². The van der Waals surface area contributed by atoms with Gasteiger partial charge in [-0.2, -0.15) is 0 Å². The Morgan fingerprint density at radius 1 is 1.39 bits per heavy atom. The van der Waals surface area contributed by atoms with Crippen LogP contribution < -0.4 is 5.32 Å². The molecule has 2 heterocycles. The van der Waals surface area contributed by atoms with Crippen LogP contribution in [0.15, 0.2) is 39.3 Å². The van der Waals surface area contributed by atoms with E-state index in [-0.39, 0.29) is 0 Å². The van der Waals surface area contributed by atoms with Crippen LogP contribution in [0, 0.1) is 6.92 Å². The number of pyridine rings is 1. The summed E-state index contributed by atoms with van der Waals surface area (Å²) in [6.07, 6.45) is 4.68. The Kier molecular flexibility index (Phi) is 4.78. The molecule has 0 saturated carbocycles. The smallest absolute Gasteiger partial charge is 0.262 e. The van der Waals surface area contributed by atoms with E-state index < -0.39 is 0 Å². The summed E-state index contributed by atoms with van der Waals surface area (Å²) in [5, 5.41) is 4.88. The lowest BCUT2D eigenvalue weighted by molar-refractivity contribution is 0.454. The van der Waals surface area contributed by atoms with Crippen LogP contribution in [-0.2, 0) is 6.54 Å². The zero-order valence-electron chi connectivity index (χ0n) is 10.6. The van der Waals surface area contributed by atoms with Crippen molar-refractivity contribution in [2.75, 3.05) is 6.54 Å². The monoisotopic (exact) mass is 263 g/mol. The molecule has 0 bridgehead atoms. The Labute approximate surface area is 111 Å². The summed E-state index contributed by atoms with van der Waals surface area (Å²) in [4.78, 5) is 8.62. The molecule has 2 aromatic heterocycles. The molecular formula is C13H17N3OS. The first-order valence-corrected chi connectivity index (χ1v) is 6.85. The van der Waals surface area contributed by atoms with Gasteiger partial charge in [0.25, 0.3) is 5.22 Å². The first-order valence-electron chi connectivity index (χ1n) is 6.03. The van der Waals surface area contributed by atoms with E-state index in [0.29, 0.717) is 5.22 Å². The highest BCUT2D eigenvalue weighted by Crippen LogP contribution is 2.24. The molecule has 0 aromatic carbocycles. The van der Waals surface area contributed by atoms with Crippen molar-refractivity contribution in [3.63, 3.8) is 0 Å². The minimum atomic E-state index is 0.636. The van der Waals surface area contributed by atoms with E-state index in [9.17, 15) is 0 Å². The molecule has 1 N–H and O–H groups in total. The molecule has 5 heteroatoms. The Morgan fingerprint density at radius 2 is 2.28 bits per heavy atom. The van der Waals surface area contributed by atoms with E-state index in [2.05, 4.69) is 28.3 Å². The van der Waals surface area contributed by atoms with Gasteiger partial charge in [0.15, 0.2) is 0 Å². The predicted octanol–water partition coefficient (Wildman–Crippen LogP) is 3.03. The largest absolute Gasteiger partial charge is 0.439 e. The van der Waals surface area contributed by atoms with Gasteiger partial charge in [-0.05, 0) is 43.3 Å². The molecule has 2 aromatic rings. The average Bonchev–Trinajstić information content (AvgIpc) is 2.77. The first kappa shape index (κ1) is 13.1. The molecule has 0 aliphatic heterocycles. The molecule has 96 valence electrons. The topological polar surface area (TPSA) is 51.0 Å². The van der Waals surface area contributed by atoms with Gasteiger partial charge in [0.1, 0.15) is 11.3 Å². The number of hydrogen-bond acceptors (Lipinski definition) is 5. The third kappa shape index (κ3) is 3.85. The molecule has 0 aliphatic rings. The van der Waals surface area contributed by atoms with Crippen LogP contribution in [0.4, 0.5) is 0 Å². The lowest BCUT2D eigenvalue weighted by Crippen LogP contribution is -2.13. The SMILES string of the molecule is CCCNCc1ccc(Sc2nc(C)co2)nc1. The summed E-state index contributed by atoms with van der Waals surface area (Å²) in [5.74, 6) is 0. The number of aryl methyl sites for hydroxylation is 1. The Balaban J connectivity index is 1.91. The predicted molar refractivity (Wildman–Crippen MR) is 71.6 cm³/mol. The minimum absolute atomic E-state index is 0.636. The van der Waals surface area contributed by atoms with Gasteiger partial charge in [-0.15, -0.1) is 0 Å². The molecule has 0 atom stereocenters. The summed E-state index contributed by atoms with van der Waals surface area (Å²) in [6.45, 7) is 5.96. The zero-order valence-corrected chi connectivity index (χ0v) is 11.5. The molecule has 0 spiro atoms. The lowest BCUT2D eigenvalue weighted by Gasteiger charge is -2.03. The van der Waals surface area contributed by atoms with E-state index in [1.165, 1.54) is 17.3 Å². The fourth-order valence-corrected chi connectivity index (χ4v) is 2.16. The summed E-state index contributed by atoms with van der Waals surface area (Å²) in [6, 6.07) is 4.07. The second kappa shape index (κ2) is 6.56. The van der Waals surface area contributed by atoms with Gasteiger partial charge in [0.05, 0.1) is 5.69 Å². The maximum absolute atomic E-state index is 5.28. The fraction of sp³-hybridized carbons (Fsp3) is 0.385. The normalized spacial score (nSPS) is 10.8. The van der Waals surface area contributed by atoms with Crippen LogP contribution in [0.25, 0.3) is 0 Å². The Bertz CT molecular complexity index is 481. The summed E-state index contributed by atoms with van der Waals surface area (Å²) in [5.41, 5.74) is 2.08. The van der Waals surface area contributed by atoms with Crippen molar-refractivity contribution in [3.05, 3.63) is 35.9 Å². The second-order valence-electron chi connectivity index (χ2n) is 4.04. The van der Waals surface area contributed by atoms with Crippen molar-refractivity contribution in [2.24, 2.45) is 0 Å². The van der Waals surface area contributed by atoms with E-state index in [0.717, 1.165) is 30.2 Å². The third-order valence-electron chi connectivity index (χ3n) is 2.34. The van der Waals surface area contributed by atoms with Crippen molar-refractivity contribution < 1.29 is 4.42 Å². The number of aromatic nitrogens is 2. The average molecular weight is 263 g/mol. The highest BCUT2D eigenvalue weighted by molar-refractivity contribution is 7.99. The van der Waals surface area contributed by atoms with Crippen LogP contribution in [0.3, 0.4) is 0 Å². The van der Waals surface area contributed by atoms with E-state index in [4.69, 9.17) is 4.42 Å². The number of rotatable bonds is 6. The molecule has 4 nitrogen and oxygen atoms in total. The first-order chi connectivity index (χ1) is 8.78. The highest BCUT2D eigenvalue weighted by atomic mass is 32.2. The van der Waals surface area contributed by atoms with Crippen LogP contribution in [-0.4, -0.2) is 16.5 Å². The van der Waals surface area contributed by atoms with Gasteiger partial charge in [0.2, 0.25) is 0 Å². The zero-order chi connectivity index (χ0) is 12.8. The minimum Gasteiger partial charge on any atom is -0.439 e. The standard InChI is InChI=1S/C13H17N3OS/c1-3-6-14-7-11-4-5-12(15-8-11)18-13-16-10(2)9-17-13/h4-5,8-9,14H,3,6-7H2,1-2H3. The van der Waals surface area contributed by atoms with E-state index in [1.54, 1.807) is 6.26 Å².